The van der Waals surface area contributed by atoms with Crippen LogP contribution in [0.1, 0.15) is 5.56 Å². The second kappa shape index (κ2) is 9.18. The highest BCUT2D eigenvalue weighted by atomic mass is 32.1. The van der Waals surface area contributed by atoms with E-state index < -0.39 is 0 Å². The normalized spacial score (nSPS) is 10.0. The predicted octanol–water partition coefficient (Wildman–Crippen LogP) is 3.53. The van der Waals surface area contributed by atoms with Crippen molar-refractivity contribution in [2.24, 2.45) is 0 Å². The molecule has 0 spiro atoms. The van der Waals surface area contributed by atoms with Crippen molar-refractivity contribution in [2.45, 2.75) is 0 Å². The van der Waals surface area contributed by atoms with Crippen molar-refractivity contribution in [3.63, 3.8) is 0 Å². The highest BCUT2D eigenvalue weighted by molar-refractivity contribution is 7.81. The first-order valence-corrected chi connectivity index (χ1v) is 8.35. The average Bonchev–Trinajstić information content (AvgIpc) is 2.71. The zero-order chi connectivity index (χ0) is 20.0. The second-order valence-corrected chi connectivity index (χ2v) is 5.69. The van der Waals surface area contributed by atoms with E-state index >= 15 is 0 Å². The van der Waals surface area contributed by atoms with Crippen molar-refractivity contribution in [1.29, 1.82) is 0 Å². The number of rotatable bonds is 8. The summed E-state index contributed by atoms with van der Waals surface area (Å²) in [5, 5.41) is 3.16. The van der Waals surface area contributed by atoms with E-state index in [1.165, 1.54) is 0 Å². The summed E-state index contributed by atoms with van der Waals surface area (Å²) in [5.41, 5.74) is 1.39. The Kier molecular flexibility index (Phi) is 6.95. The number of hydrogen-bond donors (Lipinski definition) is 1. The molecule has 0 heterocycles. The smallest absolute Gasteiger partial charge is 0.203 e. The minimum absolute atomic E-state index is 0.462. The molecule has 0 atom stereocenters. The summed E-state index contributed by atoms with van der Waals surface area (Å²) in [6.07, 6.45) is 0. The van der Waals surface area contributed by atoms with Gasteiger partial charge in [0.1, 0.15) is 4.99 Å². The van der Waals surface area contributed by atoms with Gasteiger partial charge in [-0.05, 0) is 12.1 Å². The van der Waals surface area contributed by atoms with E-state index in [-0.39, 0.29) is 0 Å². The van der Waals surface area contributed by atoms with Crippen molar-refractivity contribution >= 4 is 22.9 Å². The van der Waals surface area contributed by atoms with Gasteiger partial charge in [-0.15, -0.1) is 0 Å². The number of benzene rings is 2. The number of hydrogen-bond acceptors (Lipinski definition) is 7. The molecule has 0 fully saturated rings. The summed E-state index contributed by atoms with van der Waals surface area (Å²) in [6, 6.07) is 7.08. The van der Waals surface area contributed by atoms with Crippen molar-refractivity contribution in [1.82, 2.24) is 0 Å². The summed E-state index contributed by atoms with van der Waals surface area (Å²) in [7, 11) is 9.31. The van der Waals surface area contributed by atoms with Crippen LogP contribution in [0.4, 0.5) is 5.69 Å². The lowest BCUT2D eigenvalue weighted by molar-refractivity contribution is 0.324. The Bertz CT molecular complexity index is 774. The Balaban J connectivity index is 2.40. The fourth-order valence-electron chi connectivity index (χ4n) is 2.57. The Hall–Kier alpha value is -2.87. The van der Waals surface area contributed by atoms with E-state index in [1.807, 2.05) is 0 Å². The molecular formula is C19H23NO6S. The lowest BCUT2D eigenvalue weighted by Crippen LogP contribution is -2.12. The first-order chi connectivity index (χ1) is 13.0. The first-order valence-electron chi connectivity index (χ1n) is 7.94. The molecule has 0 saturated heterocycles. The molecule has 8 heteroatoms. The maximum atomic E-state index is 5.54. The fourth-order valence-corrected chi connectivity index (χ4v) is 2.80. The molecule has 0 aliphatic heterocycles. The largest absolute Gasteiger partial charge is 0.493 e. The molecule has 7 nitrogen and oxygen atoms in total. The molecule has 0 aromatic heterocycles. The number of anilines is 1. The lowest BCUT2D eigenvalue weighted by atomic mass is 10.1. The van der Waals surface area contributed by atoms with E-state index in [4.69, 9.17) is 40.6 Å². The Labute approximate surface area is 164 Å². The number of ether oxygens (including phenoxy) is 6. The molecule has 2 aromatic carbocycles. The van der Waals surface area contributed by atoms with Crippen LogP contribution in [0.3, 0.4) is 0 Å². The van der Waals surface area contributed by atoms with Crippen molar-refractivity contribution < 1.29 is 28.4 Å². The summed E-state index contributed by atoms with van der Waals surface area (Å²) in [4.78, 5) is 0.462. The standard InChI is InChI=1S/C19H23NO6S/c1-21-13-7-11(8-14(22-2)17(13)25-5)19(27)20-12-9-15(23-3)18(26-6)16(10-12)24-4/h7-10H,1-6H3,(H,20,27). The van der Waals surface area contributed by atoms with Gasteiger partial charge in [0, 0.05) is 23.4 Å². The molecule has 0 unspecified atom stereocenters. The minimum Gasteiger partial charge on any atom is -0.493 e. The highest BCUT2D eigenvalue weighted by Crippen LogP contribution is 2.41. The van der Waals surface area contributed by atoms with Crippen LogP contribution >= 0.6 is 12.2 Å². The molecule has 0 radical (unpaired) electrons. The molecule has 146 valence electrons. The Morgan fingerprint density at radius 1 is 0.630 bits per heavy atom. The zero-order valence-electron chi connectivity index (χ0n) is 16.2. The third kappa shape index (κ3) is 4.28. The summed E-state index contributed by atoms with van der Waals surface area (Å²) < 4.78 is 32.1. The van der Waals surface area contributed by atoms with Crippen LogP contribution in [-0.4, -0.2) is 47.6 Å². The molecule has 1 N–H and O–H groups in total. The van der Waals surface area contributed by atoms with Crippen molar-refractivity contribution in [3.8, 4) is 34.5 Å². The molecule has 2 aromatic rings. The van der Waals surface area contributed by atoms with E-state index in [1.54, 1.807) is 66.9 Å². The van der Waals surface area contributed by atoms with E-state index in [0.29, 0.717) is 50.7 Å². The monoisotopic (exact) mass is 393 g/mol. The fraction of sp³-hybridized carbons (Fsp3) is 0.316. The van der Waals surface area contributed by atoms with Gasteiger partial charge < -0.3 is 33.7 Å². The van der Waals surface area contributed by atoms with Gasteiger partial charge in [0.05, 0.1) is 42.7 Å². The zero-order valence-corrected chi connectivity index (χ0v) is 17.0. The maximum absolute atomic E-state index is 5.54. The third-order valence-electron chi connectivity index (χ3n) is 3.85. The molecule has 0 bridgehead atoms. The topological polar surface area (TPSA) is 67.4 Å². The average molecular weight is 393 g/mol. The minimum atomic E-state index is 0.462. The maximum Gasteiger partial charge on any atom is 0.203 e. The molecule has 0 saturated carbocycles. The van der Waals surface area contributed by atoms with Gasteiger partial charge in [-0.2, -0.15) is 0 Å². The lowest BCUT2D eigenvalue weighted by Gasteiger charge is -2.17. The quantitative estimate of drug-likeness (QED) is 0.684. The first kappa shape index (κ1) is 20.4. The van der Waals surface area contributed by atoms with Crippen LogP contribution in [0.15, 0.2) is 24.3 Å². The second-order valence-electron chi connectivity index (χ2n) is 5.28. The Morgan fingerprint density at radius 2 is 1.00 bits per heavy atom. The van der Waals surface area contributed by atoms with Crippen LogP contribution in [0.5, 0.6) is 34.5 Å². The molecule has 0 aliphatic carbocycles. The number of methoxy groups -OCH3 is 6. The van der Waals surface area contributed by atoms with Gasteiger partial charge in [-0.1, -0.05) is 12.2 Å². The van der Waals surface area contributed by atoms with Gasteiger partial charge in [0.15, 0.2) is 23.0 Å². The van der Waals surface area contributed by atoms with Crippen molar-refractivity contribution in [2.75, 3.05) is 48.0 Å². The van der Waals surface area contributed by atoms with Crippen LogP contribution in [0, 0.1) is 0 Å². The number of nitrogens with one attached hydrogen (secondary N) is 1. The number of thiocarbonyl (C=S) groups is 1. The van der Waals surface area contributed by atoms with E-state index in [9.17, 15) is 0 Å². The van der Waals surface area contributed by atoms with E-state index in [0.717, 1.165) is 0 Å². The Morgan fingerprint density at radius 3 is 1.33 bits per heavy atom. The highest BCUT2D eigenvalue weighted by Gasteiger charge is 2.17. The summed E-state index contributed by atoms with van der Waals surface area (Å²) in [6.45, 7) is 0. The van der Waals surface area contributed by atoms with Gasteiger partial charge >= 0.3 is 0 Å². The van der Waals surface area contributed by atoms with E-state index in [2.05, 4.69) is 5.32 Å². The van der Waals surface area contributed by atoms with Crippen molar-refractivity contribution in [3.05, 3.63) is 29.8 Å². The van der Waals surface area contributed by atoms with Gasteiger partial charge in [-0.25, -0.2) is 0 Å². The SMILES string of the molecule is COc1cc(NC(=S)c2cc(OC)c(OC)c(OC)c2)cc(OC)c1OC. The molecular weight excluding hydrogens is 370 g/mol. The summed E-state index contributed by atoms with van der Waals surface area (Å²) >= 11 is 5.54. The molecule has 27 heavy (non-hydrogen) atoms. The van der Waals surface area contributed by atoms with Gasteiger partial charge in [0.25, 0.3) is 0 Å². The third-order valence-corrected chi connectivity index (χ3v) is 4.19. The summed E-state index contributed by atoms with van der Waals surface area (Å²) in [5.74, 6) is 3.07. The molecule has 0 aliphatic rings. The van der Waals surface area contributed by atoms with Gasteiger partial charge in [-0.3, -0.25) is 0 Å². The van der Waals surface area contributed by atoms with Crippen LogP contribution in [-0.2, 0) is 0 Å². The molecule has 2 rings (SSSR count). The van der Waals surface area contributed by atoms with Crippen LogP contribution in [0.2, 0.25) is 0 Å². The predicted molar refractivity (Wildman–Crippen MR) is 108 cm³/mol. The van der Waals surface area contributed by atoms with Crippen LogP contribution in [0.25, 0.3) is 0 Å². The molecule has 0 amide bonds. The van der Waals surface area contributed by atoms with Crippen LogP contribution < -0.4 is 33.7 Å². The van der Waals surface area contributed by atoms with Gasteiger partial charge in [0.2, 0.25) is 11.5 Å².